The minimum atomic E-state index is -0.851. The molecule has 0 saturated carbocycles. The standard InChI is InChI=1S/C12H19NO5/c1-11(2,3)18-10(16)13-5-12(6-13)7-17-4-8(12)9(14)15/h8H,4-7H2,1-3H3,(H,14,15)/t8-/m0/s1. The largest absolute Gasteiger partial charge is 0.481 e. The number of carboxylic acid groups (broad SMARTS) is 1. The number of carbonyl (C=O) groups is 2. The predicted octanol–water partition coefficient (Wildman–Crippen LogP) is 0.954. The molecule has 1 amide bonds. The zero-order valence-electron chi connectivity index (χ0n) is 10.9. The van der Waals surface area contributed by atoms with Crippen LogP contribution in [0.1, 0.15) is 20.8 Å². The first-order chi connectivity index (χ1) is 8.23. The fourth-order valence-electron chi connectivity index (χ4n) is 2.47. The molecule has 1 atom stereocenters. The summed E-state index contributed by atoms with van der Waals surface area (Å²) in [6.45, 7) is 6.86. The van der Waals surface area contributed by atoms with Crippen LogP contribution in [0.3, 0.4) is 0 Å². The second-order valence-corrected chi connectivity index (χ2v) is 6.10. The summed E-state index contributed by atoms with van der Waals surface area (Å²) in [6.07, 6.45) is -0.385. The number of amides is 1. The molecule has 6 heteroatoms. The summed E-state index contributed by atoms with van der Waals surface area (Å²) >= 11 is 0. The van der Waals surface area contributed by atoms with Crippen LogP contribution in [-0.4, -0.2) is 54.0 Å². The van der Waals surface area contributed by atoms with Gasteiger partial charge in [-0.2, -0.15) is 0 Å². The maximum atomic E-state index is 11.8. The molecular weight excluding hydrogens is 238 g/mol. The van der Waals surface area contributed by atoms with Gasteiger partial charge in [0.05, 0.1) is 19.1 Å². The second kappa shape index (κ2) is 4.12. The van der Waals surface area contributed by atoms with Gasteiger partial charge in [0.25, 0.3) is 0 Å². The highest BCUT2D eigenvalue weighted by atomic mass is 16.6. The van der Waals surface area contributed by atoms with Crippen molar-refractivity contribution in [1.29, 1.82) is 0 Å². The molecule has 0 unspecified atom stereocenters. The van der Waals surface area contributed by atoms with Gasteiger partial charge < -0.3 is 19.5 Å². The van der Waals surface area contributed by atoms with Crippen LogP contribution in [0.5, 0.6) is 0 Å². The predicted molar refractivity (Wildman–Crippen MR) is 62.2 cm³/mol. The van der Waals surface area contributed by atoms with Gasteiger partial charge in [0.1, 0.15) is 5.60 Å². The van der Waals surface area contributed by atoms with Crippen LogP contribution in [0, 0.1) is 11.3 Å². The number of hydrogen-bond acceptors (Lipinski definition) is 4. The molecule has 0 aromatic carbocycles. The van der Waals surface area contributed by atoms with Crippen molar-refractivity contribution in [1.82, 2.24) is 4.90 Å². The van der Waals surface area contributed by atoms with Crippen molar-refractivity contribution < 1.29 is 24.2 Å². The third-order valence-electron chi connectivity index (χ3n) is 3.37. The van der Waals surface area contributed by atoms with E-state index in [0.29, 0.717) is 19.7 Å². The number of ether oxygens (including phenoxy) is 2. The molecule has 2 rings (SSSR count). The highest BCUT2D eigenvalue weighted by molar-refractivity contribution is 5.74. The zero-order chi connectivity index (χ0) is 13.6. The lowest BCUT2D eigenvalue weighted by molar-refractivity contribution is -0.149. The molecule has 0 bridgehead atoms. The van der Waals surface area contributed by atoms with Crippen LogP contribution in [0.15, 0.2) is 0 Å². The highest BCUT2D eigenvalue weighted by Crippen LogP contribution is 2.43. The third-order valence-corrected chi connectivity index (χ3v) is 3.37. The Morgan fingerprint density at radius 1 is 1.39 bits per heavy atom. The first kappa shape index (κ1) is 13.1. The minimum absolute atomic E-state index is 0.234. The molecular formula is C12H19NO5. The maximum absolute atomic E-state index is 11.8. The van der Waals surface area contributed by atoms with Gasteiger partial charge >= 0.3 is 12.1 Å². The molecule has 0 aromatic rings. The monoisotopic (exact) mass is 257 g/mol. The van der Waals surface area contributed by atoms with Gasteiger partial charge in [-0.25, -0.2) is 4.79 Å². The molecule has 1 spiro atoms. The lowest BCUT2D eigenvalue weighted by atomic mass is 9.72. The normalized spacial score (nSPS) is 25.9. The average molecular weight is 257 g/mol. The van der Waals surface area contributed by atoms with Gasteiger partial charge in [-0.15, -0.1) is 0 Å². The molecule has 18 heavy (non-hydrogen) atoms. The smallest absolute Gasteiger partial charge is 0.410 e. The summed E-state index contributed by atoms with van der Waals surface area (Å²) in [5, 5.41) is 9.11. The summed E-state index contributed by atoms with van der Waals surface area (Å²) in [5.41, 5.74) is -0.944. The van der Waals surface area contributed by atoms with E-state index in [1.807, 2.05) is 0 Å². The van der Waals surface area contributed by atoms with Crippen LogP contribution >= 0.6 is 0 Å². The van der Waals surface area contributed by atoms with E-state index in [1.165, 1.54) is 4.90 Å². The van der Waals surface area contributed by atoms with Gasteiger partial charge in [0.2, 0.25) is 0 Å². The van der Waals surface area contributed by atoms with Crippen LogP contribution < -0.4 is 0 Å². The summed E-state index contributed by atoms with van der Waals surface area (Å²) in [5.74, 6) is -1.37. The average Bonchev–Trinajstić information content (AvgIpc) is 2.55. The second-order valence-electron chi connectivity index (χ2n) is 6.10. The van der Waals surface area contributed by atoms with Gasteiger partial charge in [0.15, 0.2) is 0 Å². The fourth-order valence-corrected chi connectivity index (χ4v) is 2.47. The molecule has 2 fully saturated rings. The van der Waals surface area contributed by atoms with Crippen LogP contribution in [0.25, 0.3) is 0 Å². The Morgan fingerprint density at radius 3 is 2.50 bits per heavy atom. The topological polar surface area (TPSA) is 76.1 Å². The van der Waals surface area contributed by atoms with E-state index in [9.17, 15) is 9.59 Å². The lowest BCUT2D eigenvalue weighted by Crippen LogP contribution is -2.63. The van der Waals surface area contributed by atoms with Crippen molar-refractivity contribution in [3.05, 3.63) is 0 Å². The first-order valence-electron chi connectivity index (χ1n) is 6.02. The highest BCUT2D eigenvalue weighted by Gasteiger charge is 2.57. The van der Waals surface area contributed by atoms with Gasteiger partial charge in [-0.3, -0.25) is 4.79 Å². The van der Waals surface area contributed by atoms with E-state index >= 15 is 0 Å². The van der Waals surface area contributed by atoms with Gasteiger partial charge in [-0.05, 0) is 20.8 Å². The zero-order valence-corrected chi connectivity index (χ0v) is 10.9. The number of nitrogens with zero attached hydrogens (tertiary/aromatic N) is 1. The lowest BCUT2D eigenvalue weighted by Gasteiger charge is -2.48. The summed E-state index contributed by atoms with van der Waals surface area (Å²) in [7, 11) is 0. The SMILES string of the molecule is CC(C)(C)OC(=O)N1CC2(COC[C@H]2C(=O)O)C1. The van der Waals surface area contributed by atoms with Crippen LogP contribution in [0.2, 0.25) is 0 Å². The van der Waals surface area contributed by atoms with Crippen molar-refractivity contribution in [3.63, 3.8) is 0 Å². The summed E-state index contributed by atoms with van der Waals surface area (Å²) < 4.78 is 10.5. The van der Waals surface area contributed by atoms with Crippen LogP contribution in [0.4, 0.5) is 4.79 Å². The van der Waals surface area contributed by atoms with Crippen molar-refractivity contribution in [3.8, 4) is 0 Å². The number of rotatable bonds is 1. The number of carboxylic acids is 1. The molecule has 1 N–H and O–H groups in total. The van der Waals surface area contributed by atoms with Gasteiger partial charge in [-0.1, -0.05) is 0 Å². The summed E-state index contributed by atoms with van der Waals surface area (Å²) in [6, 6.07) is 0. The van der Waals surface area contributed by atoms with Crippen LogP contribution in [-0.2, 0) is 14.3 Å². The van der Waals surface area contributed by atoms with Crippen molar-refractivity contribution in [2.45, 2.75) is 26.4 Å². The molecule has 6 nitrogen and oxygen atoms in total. The molecule has 0 aliphatic carbocycles. The number of aliphatic carboxylic acids is 1. The molecule has 2 heterocycles. The maximum Gasteiger partial charge on any atom is 0.410 e. The first-order valence-corrected chi connectivity index (χ1v) is 6.02. The van der Waals surface area contributed by atoms with E-state index in [2.05, 4.69) is 0 Å². The molecule has 0 aromatic heterocycles. The molecule has 2 saturated heterocycles. The Kier molecular flexibility index (Phi) is 3.01. The van der Waals surface area contributed by atoms with Gasteiger partial charge in [0, 0.05) is 18.5 Å². The molecule has 2 aliphatic rings. The fraction of sp³-hybridized carbons (Fsp3) is 0.833. The van der Waals surface area contributed by atoms with E-state index in [1.54, 1.807) is 20.8 Å². The van der Waals surface area contributed by atoms with E-state index < -0.39 is 22.9 Å². The third kappa shape index (κ3) is 2.29. The Balaban J connectivity index is 1.93. The number of carbonyl (C=O) groups excluding carboxylic acids is 1. The van der Waals surface area contributed by atoms with Crippen molar-refractivity contribution in [2.24, 2.45) is 11.3 Å². The minimum Gasteiger partial charge on any atom is -0.481 e. The number of hydrogen-bond donors (Lipinski definition) is 1. The summed E-state index contributed by atoms with van der Waals surface area (Å²) in [4.78, 5) is 24.4. The number of likely N-dealkylation sites (tertiary alicyclic amines) is 1. The van der Waals surface area contributed by atoms with E-state index in [4.69, 9.17) is 14.6 Å². The van der Waals surface area contributed by atoms with Crippen molar-refractivity contribution in [2.75, 3.05) is 26.3 Å². The van der Waals surface area contributed by atoms with Crippen molar-refractivity contribution >= 4 is 12.1 Å². The van der Waals surface area contributed by atoms with E-state index in [-0.39, 0.29) is 12.7 Å². The van der Waals surface area contributed by atoms with E-state index in [0.717, 1.165) is 0 Å². The Hall–Kier alpha value is -1.30. The molecule has 0 radical (unpaired) electrons. The Labute approximate surface area is 106 Å². The Morgan fingerprint density at radius 2 is 2.00 bits per heavy atom. The Bertz CT molecular complexity index is 367. The molecule has 2 aliphatic heterocycles. The molecule has 102 valence electrons. The quantitative estimate of drug-likeness (QED) is 0.757.